The van der Waals surface area contributed by atoms with Crippen LogP contribution in [0.3, 0.4) is 0 Å². The largest absolute Gasteiger partial charge is 0.468 e. The third kappa shape index (κ3) is 4.48. The molecular formula is C11H10ClF3N4O3S. The fraction of sp³-hybridized carbons (Fsp3) is 0.273. The van der Waals surface area contributed by atoms with Crippen LogP contribution in [0.4, 0.5) is 18.9 Å². The summed E-state index contributed by atoms with van der Waals surface area (Å²) in [6, 6.07) is 2.30. The lowest BCUT2D eigenvalue weighted by atomic mass is 10.4. The van der Waals surface area contributed by atoms with E-state index in [0.717, 1.165) is 12.3 Å². The summed E-state index contributed by atoms with van der Waals surface area (Å²) in [7, 11) is -2.53. The number of alkyl halides is 3. The molecule has 0 aromatic carbocycles. The molecule has 2 heterocycles. The molecule has 2 aromatic rings. The smallest absolute Gasteiger partial charge is 0.422 e. The first-order valence-electron chi connectivity index (χ1n) is 5.94. The highest BCUT2D eigenvalue weighted by molar-refractivity contribution is 7.92. The van der Waals surface area contributed by atoms with Gasteiger partial charge in [-0.25, -0.2) is 9.97 Å². The van der Waals surface area contributed by atoms with Crippen molar-refractivity contribution in [3.05, 3.63) is 29.8 Å². The Balaban J connectivity index is 2.10. The molecule has 7 nitrogen and oxygen atoms in total. The summed E-state index contributed by atoms with van der Waals surface area (Å²) >= 11 is 5.81. The van der Waals surface area contributed by atoms with E-state index in [9.17, 15) is 21.6 Å². The Labute approximate surface area is 134 Å². The molecule has 0 unspecified atom stereocenters. The molecule has 12 heteroatoms. The average molecular weight is 371 g/mol. The van der Waals surface area contributed by atoms with Crippen LogP contribution >= 0.6 is 11.6 Å². The Morgan fingerprint density at radius 1 is 1.35 bits per heavy atom. The van der Waals surface area contributed by atoms with Gasteiger partial charge in [-0.3, -0.25) is 4.72 Å². The van der Waals surface area contributed by atoms with Crippen LogP contribution in [-0.2, 0) is 17.1 Å². The summed E-state index contributed by atoms with van der Waals surface area (Å²) in [6.07, 6.45) is -2.25. The number of hydrogen-bond donors (Lipinski definition) is 1. The first-order chi connectivity index (χ1) is 10.6. The van der Waals surface area contributed by atoms with Crippen molar-refractivity contribution in [1.29, 1.82) is 0 Å². The standard InChI is InChI=1S/C11H10ClF3N4O3S/c1-19-6-17-10(9(19)12)23(20,21)18-7-2-3-8(16-4-7)22-5-11(13,14)15/h2-4,6,18H,5H2,1H3. The predicted molar refractivity (Wildman–Crippen MR) is 74.8 cm³/mol. The lowest BCUT2D eigenvalue weighted by Gasteiger charge is -2.09. The highest BCUT2D eigenvalue weighted by atomic mass is 35.5. The summed E-state index contributed by atoms with van der Waals surface area (Å²) < 4.78 is 68.1. The minimum absolute atomic E-state index is 0.0195. The fourth-order valence-electron chi connectivity index (χ4n) is 1.46. The number of halogens is 4. The van der Waals surface area contributed by atoms with E-state index >= 15 is 0 Å². The average Bonchev–Trinajstić information content (AvgIpc) is 2.78. The maximum Gasteiger partial charge on any atom is 0.422 e. The quantitative estimate of drug-likeness (QED) is 0.872. The lowest BCUT2D eigenvalue weighted by Crippen LogP contribution is -2.19. The zero-order valence-corrected chi connectivity index (χ0v) is 13.1. The zero-order valence-electron chi connectivity index (χ0n) is 11.5. The van der Waals surface area contributed by atoms with Gasteiger partial charge < -0.3 is 9.30 Å². The van der Waals surface area contributed by atoms with Crippen molar-refractivity contribution in [2.24, 2.45) is 7.05 Å². The van der Waals surface area contributed by atoms with E-state index in [-0.39, 0.29) is 21.7 Å². The summed E-state index contributed by atoms with van der Waals surface area (Å²) in [4.78, 5) is 7.25. The summed E-state index contributed by atoms with van der Waals surface area (Å²) in [5.41, 5.74) is 0.0195. The second-order valence-corrected chi connectivity index (χ2v) is 6.30. The normalized spacial score (nSPS) is 12.2. The third-order valence-electron chi connectivity index (χ3n) is 2.46. The van der Waals surface area contributed by atoms with Gasteiger partial charge in [-0.05, 0) is 6.07 Å². The fourth-order valence-corrected chi connectivity index (χ4v) is 2.94. The van der Waals surface area contributed by atoms with Crippen molar-refractivity contribution in [2.75, 3.05) is 11.3 Å². The molecule has 2 rings (SSSR count). The predicted octanol–water partition coefficient (Wildman–Crippen LogP) is 2.21. The Morgan fingerprint density at radius 2 is 2.04 bits per heavy atom. The number of nitrogens with zero attached hydrogens (tertiary/aromatic N) is 3. The van der Waals surface area contributed by atoms with Crippen molar-refractivity contribution in [2.45, 2.75) is 11.2 Å². The van der Waals surface area contributed by atoms with Gasteiger partial charge in [0, 0.05) is 13.1 Å². The van der Waals surface area contributed by atoms with Crippen LogP contribution < -0.4 is 9.46 Å². The van der Waals surface area contributed by atoms with Gasteiger partial charge in [0.25, 0.3) is 10.0 Å². The highest BCUT2D eigenvalue weighted by Crippen LogP contribution is 2.22. The topological polar surface area (TPSA) is 86.1 Å². The van der Waals surface area contributed by atoms with Crippen molar-refractivity contribution < 1.29 is 26.3 Å². The van der Waals surface area contributed by atoms with E-state index in [2.05, 4.69) is 19.4 Å². The molecule has 2 aromatic heterocycles. The molecule has 0 aliphatic carbocycles. The molecule has 0 aliphatic heterocycles. The van der Waals surface area contributed by atoms with Gasteiger partial charge in [-0.2, -0.15) is 21.6 Å². The van der Waals surface area contributed by atoms with Crippen LogP contribution in [0, 0.1) is 0 Å². The number of rotatable bonds is 5. The summed E-state index contributed by atoms with van der Waals surface area (Å²) in [6.45, 7) is -1.49. The maximum absolute atomic E-state index is 12.1. The minimum atomic E-state index is -4.49. The van der Waals surface area contributed by atoms with E-state index in [1.807, 2.05) is 0 Å². The van der Waals surface area contributed by atoms with Crippen molar-refractivity contribution in [3.63, 3.8) is 0 Å². The lowest BCUT2D eigenvalue weighted by molar-refractivity contribution is -0.154. The van der Waals surface area contributed by atoms with Gasteiger partial charge in [-0.1, -0.05) is 11.6 Å². The van der Waals surface area contributed by atoms with Crippen molar-refractivity contribution in [1.82, 2.24) is 14.5 Å². The molecule has 0 fully saturated rings. The number of hydrogen-bond acceptors (Lipinski definition) is 5. The molecule has 0 saturated heterocycles. The van der Waals surface area contributed by atoms with E-state index in [4.69, 9.17) is 11.6 Å². The number of aromatic nitrogens is 3. The number of sulfonamides is 1. The van der Waals surface area contributed by atoms with Crippen molar-refractivity contribution in [3.8, 4) is 5.88 Å². The van der Waals surface area contributed by atoms with E-state index in [0.29, 0.717) is 0 Å². The second-order valence-electron chi connectivity index (χ2n) is 4.35. The van der Waals surface area contributed by atoms with Gasteiger partial charge >= 0.3 is 6.18 Å². The van der Waals surface area contributed by atoms with E-state index in [1.165, 1.54) is 24.0 Å². The molecule has 0 bridgehead atoms. The first kappa shape index (κ1) is 17.3. The minimum Gasteiger partial charge on any atom is -0.468 e. The highest BCUT2D eigenvalue weighted by Gasteiger charge is 2.28. The molecule has 0 radical (unpaired) electrons. The summed E-state index contributed by atoms with van der Waals surface area (Å²) in [5, 5.41) is -0.463. The number of anilines is 1. The Morgan fingerprint density at radius 3 is 2.52 bits per heavy atom. The van der Waals surface area contributed by atoms with Crippen LogP contribution in [0.25, 0.3) is 0 Å². The molecule has 0 spiro atoms. The third-order valence-corrected chi connectivity index (χ3v) is 4.33. The van der Waals surface area contributed by atoms with Gasteiger partial charge in [0.2, 0.25) is 10.9 Å². The van der Waals surface area contributed by atoms with E-state index < -0.39 is 22.8 Å². The molecular weight excluding hydrogens is 361 g/mol. The molecule has 0 atom stereocenters. The number of imidazole rings is 1. The van der Waals surface area contributed by atoms with Crippen LogP contribution in [0.5, 0.6) is 5.88 Å². The van der Waals surface area contributed by atoms with Crippen LogP contribution in [0.15, 0.2) is 29.7 Å². The van der Waals surface area contributed by atoms with Gasteiger partial charge in [-0.15, -0.1) is 0 Å². The number of ether oxygens (including phenoxy) is 1. The second kappa shape index (κ2) is 6.24. The van der Waals surface area contributed by atoms with Crippen LogP contribution in [-0.4, -0.2) is 35.7 Å². The number of aryl methyl sites for hydroxylation is 1. The Kier molecular flexibility index (Phi) is 4.71. The Bertz CT molecular complexity index is 790. The number of pyridine rings is 1. The van der Waals surface area contributed by atoms with Crippen LogP contribution in [0.2, 0.25) is 5.15 Å². The SMILES string of the molecule is Cn1cnc(S(=O)(=O)Nc2ccc(OCC(F)(F)F)nc2)c1Cl. The van der Waals surface area contributed by atoms with E-state index in [1.54, 1.807) is 0 Å². The molecule has 0 aliphatic rings. The van der Waals surface area contributed by atoms with Gasteiger partial charge in [0.1, 0.15) is 5.15 Å². The molecule has 23 heavy (non-hydrogen) atoms. The Hall–Kier alpha value is -2.01. The van der Waals surface area contributed by atoms with Crippen LogP contribution in [0.1, 0.15) is 0 Å². The maximum atomic E-state index is 12.1. The zero-order chi connectivity index (χ0) is 17.3. The molecule has 0 amide bonds. The van der Waals surface area contributed by atoms with Gasteiger partial charge in [0.05, 0.1) is 18.2 Å². The monoisotopic (exact) mass is 370 g/mol. The molecule has 126 valence electrons. The number of nitrogens with one attached hydrogen (secondary N) is 1. The van der Waals surface area contributed by atoms with Crippen molar-refractivity contribution >= 4 is 27.3 Å². The first-order valence-corrected chi connectivity index (χ1v) is 7.80. The molecule has 0 saturated carbocycles. The van der Waals surface area contributed by atoms with Gasteiger partial charge in [0.15, 0.2) is 6.61 Å². The molecule has 1 N–H and O–H groups in total. The summed E-state index contributed by atoms with van der Waals surface area (Å²) in [5.74, 6) is -0.291.